The smallest absolute Gasteiger partial charge is 0.332 e. The van der Waals surface area contributed by atoms with E-state index in [9.17, 15) is 19.4 Å². The maximum Gasteiger partial charge on any atom is 0.332 e. The third kappa shape index (κ3) is 3.36. The normalized spacial score (nSPS) is 24.4. The number of fused-ring (bicyclic) bond motifs is 1. The Hall–Kier alpha value is -2.24. The number of rotatable bonds is 4. The number of ether oxygens (including phenoxy) is 1. The number of imidazole rings is 1. The fourth-order valence-electron chi connectivity index (χ4n) is 3.34. The van der Waals surface area contributed by atoms with Gasteiger partial charge in [-0.2, -0.15) is 4.98 Å². The first-order chi connectivity index (χ1) is 13.8. The van der Waals surface area contributed by atoms with Gasteiger partial charge < -0.3 is 20.7 Å². The van der Waals surface area contributed by atoms with Gasteiger partial charge in [-0.15, -0.1) is 0 Å². The van der Waals surface area contributed by atoms with Gasteiger partial charge in [-0.1, -0.05) is 29.3 Å². The topological polar surface area (TPSA) is 128 Å². The van der Waals surface area contributed by atoms with Crippen molar-refractivity contribution in [1.29, 1.82) is 0 Å². The maximum absolute atomic E-state index is 14.2. The number of nitrogens with zero attached hydrogens (tertiary/aromatic N) is 4. The lowest BCUT2D eigenvalue weighted by Crippen LogP contribution is -2.34. The number of halogens is 3. The van der Waals surface area contributed by atoms with E-state index in [1.807, 2.05) is 0 Å². The van der Waals surface area contributed by atoms with Crippen molar-refractivity contribution in [2.45, 2.75) is 31.2 Å². The zero-order chi connectivity index (χ0) is 20.9. The molecule has 1 aliphatic rings. The molecule has 29 heavy (non-hydrogen) atoms. The second kappa shape index (κ2) is 7.54. The molecule has 3 aromatic rings. The molecule has 4 rings (SSSR count). The molecule has 3 heterocycles. The summed E-state index contributed by atoms with van der Waals surface area (Å²) in [4.78, 5) is 21.2. The van der Waals surface area contributed by atoms with Crippen LogP contribution in [0.4, 0.5) is 10.3 Å². The summed E-state index contributed by atoms with van der Waals surface area (Å²) < 4.78 is 21.9. The Balaban J connectivity index is 1.86. The molecule has 0 unspecified atom stereocenters. The predicted octanol–water partition coefficient (Wildman–Crippen LogP) is 1.12. The van der Waals surface area contributed by atoms with Crippen LogP contribution in [0.3, 0.4) is 0 Å². The minimum atomic E-state index is -1.87. The average molecular weight is 444 g/mol. The zero-order valence-corrected chi connectivity index (χ0v) is 16.3. The number of hydrogen-bond donors (Lipinski definition) is 3. The number of anilines is 1. The van der Waals surface area contributed by atoms with Crippen molar-refractivity contribution in [2.75, 3.05) is 12.3 Å². The van der Waals surface area contributed by atoms with E-state index in [0.717, 1.165) is 4.57 Å². The Morgan fingerprint density at radius 3 is 2.72 bits per heavy atom. The van der Waals surface area contributed by atoms with Crippen LogP contribution in [0.1, 0.15) is 11.8 Å². The van der Waals surface area contributed by atoms with Gasteiger partial charge in [0.1, 0.15) is 17.7 Å². The summed E-state index contributed by atoms with van der Waals surface area (Å²) in [6.45, 7) is -0.569. The summed E-state index contributed by atoms with van der Waals surface area (Å²) in [6.07, 6.45) is -4.85. The fourth-order valence-corrected chi connectivity index (χ4v) is 3.66. The van der Waals surface area contributed by atoms with Crippen molar-refractivity contribution in [3.8, 4) is 0 Å². The van der Waals surface area contributed by atoms with Crippen molar-refractivity contribution in [3.05, 3.63) is 50.5 Å². The number of alkyl halides is 1. The summed E-state index contributed by atoms with van der Waals surface area (Å²) in [6, 6.07) is 4.90. The highest BCUT2D eigenvalue weighted by atomic mass is 35.5. The number of hydrogen-bond acceptors (Lipinski definition) is 7. The van der Waals surface area contributed by atoms with Crippen molar-refractivity contribution in [1.82, 2.24) is 19.1 Å². The Labute approximate surface area is 173 Å². The van der Waals surface area contributed by atoms with Crippen LogP contribution < -0.4 is 11.4 Å². The summed E-state index contributed by atoms with van der Waals surface area (Å²) >= 11 is 12.0. The second-order valence-electron chi connectivity index (χ2n) is 6.61. The van der Waals surface area contributed by atoms with Gasteiger partial charge in [-0.3, -0.25) is 4.57 Å². The van der Waals surface area contributed by atoms with E-state index in [2.05, 4.69) is 9.97 Å². The molecule has 0 radical (unpaired) electrons. The van der Waals surface area contributed by atoms with Gasteiger partial charge in [0.05, 0.1) is 29.4 Å². The molecule has 9 nitrogen and oxygen atoms in total. The molecule has 12 heteroatoms. The van der Waals surface area contributed by atoms with Crippen LogP contribution in [-0.4, -0.2) is 54.3 Å². The number of benzene rings is 1. The lowest BCUT2D eigenvalue weighted by molar-refractivity contribution is -0.0513. The Bertz CT molecular complexity index is 1140. The molecule has 0 amide bonds. The highest BCUT2D eigenvalue weighted by Crippen LogP contribution is 2.32. The number of aromatic nitrogens is 4. The van der Waals surface area contributed by atoms with Crippen LogP contribution in [0.25, 0.3) is 11.2 Å². The van der Waals surface area contributed by atoms with E-state index in [0.29, 0.717) is 21.1 Å². The molecule has 0 spiro atoms. The van der Waals surface area contributed by atoms with Crippen LogP contribution in [-0.2, 0) is 11.3 Å². The minimum absolute atomic E-state index is 0.0670. The van der Waals surface area contributed by atoms with E-state index in [1.165, 1.54) is 10.8 Å². The Morgan fingerprint density at radius 1 is 1.31 bits per heavy atom. The van der Waals surface area contributed by atoms with Gasteiger partial charge in [-0.25, -0.2) is 18.7 Å². The lowest BCUT2D eigenvalue weighted by Gasteiger charge is -2.15. The zero-order valence-electron chi connectivity index (χ0n) is 14.7. The summed E-state index contributed by atoms with van der Waals surface area (Å²) in [7, 11) is 0. The predicted molar refractivity (Wildman–Crippen MR) is 104 cm³/mol. The number of nitrogen functional groups attached to an aromatic ring is 1. The van der Waals surface area contributed by atoms with Crippen LogP contribution in [0, 0.1) is 0 Å². The molecule has 0 aliphatic carbocycles. The standard InChI is InChI=1S/C17H16Cl2FN5O4/c18-8-2-1-7(3-9(8)19)5-24-10-4-22-16(21)23-14(10)25(17(24)28)15-13(27)12(20)11(6-26)29-15/h1-4,11-13,15,26-27H,5-6H2,(H2,21,22,23)/t11-,12-,13-,15-/m1/s1. The minimum Gasteiger partial charge on any atom is -0.394 e. The molecular weight excluding hydrogens is 428 g/mol. The van der Waals surface area contributed by atoms with Crippen LogP contribution in [0.5, 0.6) is 0 Å². The van der Waals surface area contributed by atoms with E-state index < -0.39 is 36.9 Å². The van der Waals surface area contributed by atoms with Crippen molar-refractivity contribution < 1.29 is 19.3 Å². The first-order valence-corrected chi connectivity index (χ1v) is 9.33. The molecule has 1 aliphatic heterocycles. The molecule has 4 atom stereocenters. The van der Waals surface area contributed by atoms with E-state index in [-0.39, 0.29) is 18.1 Å². The molecule has 0 saturated carbocycles. The number of aliphatic hydroxyl groups excluding tert-OH is 2. The SMILES string of the molecule is Nc1ncc2c(n1)n([C@@H]1O[C@H](CO)[C@@H](F)[C@H]1O)c(=O)n2Cc1ccc(Cl)c(Cl)c1. The highest BCUT2D eigenvalue weighted by molar-refractivity contribution is 6.42. The van der Waals surface area contributed by atoms with Crippen molar-refractivity contribution in [2.24, 2.45) is 0 Å². The molecular formula is C17H16Cl2FN5O4. The molecule has 154 valence electrons. The lowest BCUT2D eigenvalue weighted by atomic mass is 10.1. The molecule has 1 saturated heterocycles. The third-order valence-electron chi connectivity index (χ3n) is 4.77. The monoisotopic (exact) mass is 443 g/mol. The fraction of sp³-hybridized carbons (Fsp3) is 0.353. The maximum atomic E-state index is 14.2. The Morgan fingerprint density at radius 2 is 2.07 bits per heavy atom. The van der Waals surface area contributed by atoms with Crippen LogP contribution in [0.15, 0.2) is 29.2 Å². The van der Waals surface area contributed by atoms with Gasteiger partial charge in [0.2, 0.25) is 5.95 Å². The summed E-state index contributed by atoms with van der Waals surface area (Å²) in [5.41, 5.74) is 6.07. The molecule has 1 fully saturated rings. The number of nitrogens with two attached hydrogens (primary N) is 1. The van der Waals surface area contributed by atoms with E-state index >= 15 is 0 Å². The van der Waals surface area contributed by atoms with Crippen molar-refractivity contribution >= 4 is 40.3 Å². The summed E-state index contributed by atoms with van der Waals surface area (Å²) in [5.74, 6) is -0.110. The molecule has 2 aromatic heterocycles. The molecule has 1 aromatic carbocycles. The highest BCUT2D eigenvalue weighted by Gasteiger charge is 2.46. The van der Waals surface area contributed by atoms with Crippen LogP contribution >= 0.6 is 23.2 Å². The number of aliphatic hydroxyl groups is 2. The van der Waals surface area contributed by atoms with Gasteiger partial charge in [0.25, 0.3) is 0 Å². The summed E-state index contributed by atoms with van der Waals surface area (Å²) in [5, 5.41) is 20.2. The molecule has 0 bridgehead atoms. The van der Waals surface area contributed by atoms with E-state index in [4.69, 9.17) is 33.7 Å². The molecule has 4 N–H and O–H groups in total. The average Bonchev–Trinajstić information content (AvgIpc) is 3.12. The Kier molecular flexibility index (Phi) is 5.21. The van der Waals surface area contributed by atoms with Gasteiger partial charge >= 0.3 is 5.69 Å². The first-order valence-electron chi connectivity index (χ1n) is 8.57. The second-order valence-corrected chi connectivity index (χ2v) is 7.42. The van der Waals surface area contributed by atoms with Gasteiger partial charge in [0, 0.05) is 0 Å². The first kappa shape index (κ1) is 20.0. The van der Waals surface area contributed by atoms with Crippen LogP contribution in [0.2, 0.25) is 10.0 Å². The quantitative estimate of drug-likeness (QED) is 0.550. The van der Waals surface area contributed by atoms with Crippen molar-refractivity contribution in [3.63, 3.8) is 0 Å². The van der Waals surface area contributed by atoms with Gasteiger partial charge in [-0.05, 0) is 17.7 Å². The largest absolute Gasteiger partial charge is 0.394 e. The van der Waals surface area contributed by atoms with E-state index in [1.54, 1.807) is 18.2 Å². The van der Waals surface area contributed by atoms with Gasteiger partial charge in [0.15, 0.2) is 18.0 Å². The third-order valence-corrected chi connectivity index (χ3v) is 5.51.